The quantitative estimate of drug-likeness (QED) is 0.485. The third-order valence-electron chi connectivity index (χ3n) is 4.89. The van der Waals surface area contributed by atoms with Gasteiger partial charge in [-0.1, -0.05) is 30.3 Å². The Kier molecular flexibility index (Phi) is 7.85. The number of carbonyl (C=O) groups excluding carboxylic acids is 3. The van der Waals surface area contributed by atoms with Crippen LogP contribution in [0, 0.1) is 0 Å². The van der Waals surface area contributed by atoms with Gasteiger partial charge in [-0.2, -0.15) is 0 Å². The molecule has 1 aliphatic heterocycles. The molecular formula is C24H26N2O6. The lowest BCUT2D eigenvalue weighted by molar-refractivity contribution is -0.151. The van der Waals surface area contributed by atoms with Crippen molar-refractivity contribution in [1.82, 2.24) is 10.6 Å². The Morgan fingerprint density at radius 2 is 1.91 bits per heavy atom. The van der Waals surface area contributed by atoms with Crippen LogP contribution in [0.1, 0.15) is 30.5 Å². The highest BCUT2D eigenvalue weighted by atomic mass is 16.5. The molecule has 168 valence electrons. The molecule has 0 fully saturated rings. The standard InChI is InChI=1S/C24H26N2O6/c1-16(25-22(27)12-9-17-7-10-18(30-2)11-8-17)24(29)32-15-23(28)26-20-13-14-31-21-6-4-3-5-19(20)21/h3-12,16,20H,13-15H2,1-2H3,(H,25,27)(H,26,28)/b12-9+/t16-,20?/m0/s1. The predicted molar refractivity (Wildman–Crippen MR) is 118 cm³/mol. The molecule has 2 amide bonds. The van der Waals surface area contributed by atoms with E-state index in [1.165, 1.54) is 13.0 Å². The average Bonchev–Trinajstić information content (AvgIpc) is 2.81. The van der Waals surface area contributed by atoms with Crippen LogP contribution in [0.5, 0.6) is 11.5 Å². The number of amides is 2. The van der Waals surface area contributed by atoms with Crippen molar-refractivity contribution in [2.45, 2.75) is 25.4 Å². The summed E-state index contributed by atoms with van der Waals surface area (Å²) in [7, 11) is 1.58. The van der Waals surface area contributed by atoms with Gasteiger partial charge in [-0.15, -0.1) is 0 Å². The fraction of sp³-hybridized carbons (Fsp3) is 0.292. The van der Waals surface area contributed by atoms with Crippen molar-refractivity contribution >= 4 is 23.9 Å². The van der Waals surface area contributed by atoms with E-state index in [4.69, 9.17) is 14.2 Å². The number of esters is 1. The van der Waals surface area contributed by atoms with E-state index in [0.29, 0.717) is 18.8 Å². The third-order valence-corrected chi connectivity index (χ3v) is 4.89. The second-order valence-electron chi connectivity index (χ2n) is 7.24. The van der Waals surface area contributed by atoms with Gasteiger partial charge in [-0.25, -0.2) is 4.79 Å². The first-order valence-corrected chi connectivity index (χ1v) is 10.3. The van der Waals surface area contributed by atoms with Crippen LogP contribution in [0.2, 0.25) is 0 Å². The van der Waals surface area contributed by atoms with Crippen LogP contribution in [-0.2, 0) is 19.1 Å². The molecule has 32 heavy (non-hydrogen) atoms. The maximum Gasteiger partial charge on any atom is 0.328 e. The number of carbonyl (C=O) groups is 3. The molecule has 8 heteroatoms. The van der Waals surface area contributed by atoms with E-state index in [9.17, 15) is 14.4 Å². The van der Waals surface area contributed by atoms with E-state index < -0.39 is 30.4 Å². The second-order valence-corrected chi connectivity index (χ2v) is 7.24. The van der Waals surface area contributed by atoms with Crippen molar-refractivity contribution in [3.8, 4) is 11.5 Å². The molecule has 1 heterocycles. The highest BCUT2D eigenvalue weighted by Gasteiger charge is 2.23. The Morgan fingerprint density at radius 3 is 2.66 bits per heavy atom. The van der Waals surface area contributed by atoms with E-state index in [1.54, 1.807) is 37.5 Å². The SMILES string of the molecule is COc1ccc(/C=C/C(=O)N[C@@H](C)C(=O)OCC(=O)NC2CCOc3ccccc32)cc1. The van der Waals surface area contributed by atoms with Crippen LogP contribution in [0.25, 0.3) is 6.08 Å². The van der Waals surface area contributed by atoms with Gasteiger partial charge in [0.15, 0.2) is 6.61 Å². The van der Waals surface area contributed by atoms with Crippen LogP contribution >= 0.6 is 0 Å². The summed E-state index contributed by atoms with van der Waals surface area (Å²) >= 11 is 0. The Labute approximate surface area is 186 Å². The van der Waals surface area contributed by atoms with Gasteiger partial charge in [-0.3, -0.25) is 9.59 Å². The molecule has 0 aliphatic carbocycles. The normalized spacial score (nSPS) is 15.8. The van der Waals surface area contributed by atoms with E-state index in [0.717, 1.165) is 16.9 Å². The molecule has 0 bridgehead atoms. The lowest BCUT2D eigenvalue weighted by atomic mass is 10.0. The largest absolute Gasteiger partial charge is 0.497 e. The van der Waals surface area contributed by atoms with Crippen molar-refractivity contribution < 1.29 is 28.6 Å². The lowest BCUT2D eigenvalue weighted by Crippen LogP contribution is -2.41. The molecule has 0 saturated carbocycles. The van der Waals surface area contributed by atoms with Gasteiger partial charge >= 0.3 is 5.97 Å². The molecule has 2 aromatic rings. The lowest BCUT2D eigenvalue weighted by Gasteiger charge is -2.26. The zero-order valence-electron chi connectivity index (χ0n) is 18.0. The van der Waals surface area contributed by atoms with E-state index in [2.05, 4.69) is 10.6 Å². The molecule has 0 spiro atoms. The van der Waals surface area contributed by atoms with Gasteiger partial charge in [0.25, 0.3) is 5.91 Å². The predicted octanol–water partition coefficient (Wildman–Crippen LogP) is 2.40. The number of nitrogens with one attached hydrogen (secondary N) is 2. The molecule has 3 rings (SSSR count). The minimum Gasteiger partial charge on any atom is -0.497 e. The fourth-order valence-corrected chi connectivity index (χ4v) is 3.20. The molecule has 0 radical (unpaired) electrons. The van der Waals surface area contributed by atoms with Gasteiger partial charge < -0.3 is 24.8 Å². The summed E-state index contributed by atoms with van der Waals surface area (Å²) in [5.41, 5.74) is 1.70. The molecule has 0 saturated heterocycles. The Morgan fingerprint density at radius 1 is 1.16 bits per heavy atom. The van der Waals surface area contributed by atoms with Gasteiger partial charge in [0, 0.05) is 18.1 Å². The average molecular weight is 438 g/mol. The van der Waals surface area contributed by atoms with Crippen molar-refractivity contribution in [2.75, 3.05) is 20.3 Å². The number of benzene rings is 2. The summed E-state index contributed by atoms with van der Waals surface area (Å²) < 4.78 is 15.7. The Bertz CT molecular complexity index is 986. The van der Waals surface area contributed by atoms with Gasteiger partial charge in [0.1, 0.15) is 17.5 Å². The maximum absolute atomic E-state index is 12.2. The van der Waals surface area contributed by atoms with Crippen molar-refractivity contribution in [3.63, 3.8) is 0 Å². The Balaban J connectivity index is 1.42. The fourth-order valence-electron chi connectivity index (χ4n) is 3.20. The zero-order valence-corrected chi connectivity index (χ0v) is 18.0. The number of ether oxygens (including phenoxy) is 3. The van der Waals surface area contributed by atoms with Crippen LogP contribution in [0.15, 0.2) is 54.6 Å². The number of hydrogen-bond donors (Lipinski definition) is 2. The smallest absolute Gasteiger partial charge is 0.328 e. The van der Waals surface area contributed by atoms with Crippen molar-refractivity contribution in [2.24, 2.45) is 0 Å². The van der Waals surface area contributed by atoms with Gasteiger partial charge in [0.2, 0.25) is 5.91 Å². The Hall–Kier alpha value is -3.81. The van der Waals surface area contributed by atoms with Gasteiger partial charge in [0.05, 0.1) is 19.8 Å². The first-order chi connectivity index (χ1) is 15.5. The highest BCUT2D eigenvalue weighted by Crippen LogP contribution is 2.31. The highest BCUT2D eigenvalue weighted by molar-refractivity contribution is 5.94. The van der Waals surface area contributed by atoms with Crippen LogP contribution in [0.4, 0.5) is 0 Å². The molecule has 2 aromatic carbocycles. The second kappa shape index (κ2) is 11.0. The molecule has 0 aromatic heterocycles. The van der Waals surface area contributed by atoms with E-state index >= 15 is 0 Å². The zero-order chi connectivity index (χ0) is 22.9. The summed E-state index contributed by atoms with van der Waals surface area (Å²) in [5.74, 6) is -0.113. The molecule has 8 nitrogen and oxygen atoms in total. The van der Waals surface area contributed by atoms with E-state index in [1.807, 2.05) is 24.3 Å². The number of methoxy groups -OCH3 is 1. The first kappa shape index (κ1) is 22.9. The first-order valence-electron chi connectivity index (χ1n) is 10.3. The summed E-state index contributed by atoms with van der Waals surface area (Å²) in [6, 6.07) is 13.5. The third kappa shape index (κ3) is 6.34. The number of para-hydroxylation sites is 1. The van der Waals surface area contributed by atoms with Crippen molar-refractivity contribution in [3.05, 3.63) is 65.7 Å². The summed E-state index contributed by atoms with van der Waals surface area (Å²) in [6.45, 7) is 1.56. The van der Waals surface area contributed by atoms with Crippen molar-refractivity contribution in [1.29, 1.82) is 0 Å². The summed E-state index contributed by atoms with van der Waals surface area (Å²) in [5, 5.41) is 5.37. The molecule has 2 N–H and O–H groups in total. The summed E-state index contributed by atoms with van der Waals surface area (Å²) in [6.07, 6.45) is 3.57. The molecule has 2 atom stereocenters. The van der Waals surface area contributed by atoms with Crippen LogP contribution in [-0.4, -0.2) is 44.1 Å². The number of rotatable bonds is 8. The minimum atomic E-state index is -0.903. The maximum atomic E-state index is 12.2. The summed E-state index contributed by atoms with van der Waals surface area (Å²) in [4.78, 5) is 36.4. The van der Waals surface area contributed by atoms with Crippen LogP contribution in [0.3, 0.4) is 0 Å². The number of hydrogen-bond acceptors (Lipinski definition) is 6. The minimum absolute atomic E-state index is 0.202. The molecular weight excluding hydrogens is 412 g/mol. The molecule has 1 aliphatic rings. The van der Waals surface area contributed by atoms with Gasteiger partial charge in [-0.05, 0) is 36.8 Å². The topological polar surface area (TPSA) is 103 Å². The number of fused-ring (bicyclic) bond motifs is 1. The monoisotopic (exact) mass is 438 g/mol. The molecule has 1 unspecified atom stereocenters. The van der Waals surface area contributed by atoms with Crippen LogP contribution < -0.4 is 20.1 Å². The van der Waals surface area contributed by atoms with E-state index in [-0.39, 0.29) is 6.04 Å².